The second-order valence-electron chi connectivity index (χ2n) is 9.40. The summed E-state index contributed by atoms with van der Waals surface area (Å²) >= 11 is 12.1. The van der Waals surface area contributed by atoms with Crippen LogP contribution < -0.4 is 21.9 Å². The first-order valence-electron chi connectivity index (χ1n) is 12.6. The molecule has 1 heterocycles. The number of rotatable bonds is 10. The van der Waals surface area contributed by atoms with Gasteiger partial charge in [0.1, 0.15) is 6.04 Å². The summed E-state index contributed by atoms with van der Waals surface area (Å²) in [6, 6.07) is 18.6. The normalized spacial score (nSPS) is 13.4. The van der Waals surface area contributed by atoms with Crippen molar-refractivity contribution < 1.29 is 14.7 Å². The van der Waals surface area contributed by atoms with Crippen LogP contribution in [0.3, 0.4) is 0 Å². The molecule has 0 saturated heterocycles. The highest BCUT2D eigenvalue weighted by molar-refractivity contribution is 6.42. The predicted molar refractivity (Wildman–Crippen MR) is 156 cm³/mol. The zero-order valence-corrected chi connectivity index (χ0v) is 23.2. The SMILES string of the molecule is C[C@@H](O)[C@H](N)C(=O)N[C@@H](CNC(=O)CCn1cnc2cc(Cl)c(Cl)cc2c1=O)c1cccc(-c2ccccc2)c1. The summed E-state index contributed by atoms with van der Waals surface area (Å²) in [5.41, 5.74) is 8.59. The Morgan fingerprint density at radius 1 is 1.02 bits per heavy atom. The molecule has 0 bridgehead atoms. The first kappa shape index (κ1) is 29.2. The Kier molecular flexibility index (Phi) is 9.54. The maximum Gasteiger partial charge on any atom is 0.261 e. The summed E-state index contributed by atoms with van der Waals surface area (Å²) in [7, 11) is 0. The number of amides is 2. The van der Waals surface area contributed by atoms with Gasteiger partial charge >= 0.3 is 0 Å². The van der Waals surface area contributed by atoms with Crippen LogP contribution in [0, 0.1) is 0 Å². The maximum atomic E-state index is 12.9. The third kappa shape index (κ3) is 7.05. The van der Waals surface area contributed by atoms with Gasteiger partial charge in [0.2, 0.25) is 11.8 Å². The lowest BCUT2D eigenvalue weighted by molar-refractivity contribution is -0.126. The van der Waals surface area contributed by atoms with Crippen molar-refractivity contribution in [2.24, 2.45) is 5.73 Å². The molecule has 4 rings (SSSR count). The molecule has 0 aliphatic heterocycles. The van der Waals surface area contributed by atoms with Crippen molar-refractivity contribution in [3.05, 3.63) is 99.0 Å². The molecule has 0 aliphatic rings. The minimum absolute atomic E-state index is 0.00761. The number of hydrogen-bond acceptors (Lipinski definition) is 6. The molecule has 1 aromatic heterocycles. The number of aryl methyl sites for hydroxylation is 1. The van der Waals surface area contributed by atoms with E-state index in [0.717, 1.165) is 16.7 Å². The maximum absolute atomic E-state index is 12.9. The molecule has 4 aromatic rings. The smallest absolute Gasteiger partial charge is 0.261 e. The number of hydrogen-bond donors (Lipinski definition) is 4. The molecule has 0 unspecified atom stereocenters. The van der Waals surface area contributed by atoms with Gasteiger partial charge in [0, 0.05) is 19.5 Å². The monoisotopic (exact) mass is 581 g/mol. The van der Waals surface area contributed by atoms with Crippen molar-refractivity contribution in [2.75, 3.05) is 6.54 Å². The van der Waals surface area contributed by atoms with Crippen LogP contribution in [-0.4, -0.2) is 45.2 Å². The Hall–Kier alpha value is -3.76. The van der Waals surface area contributed by atoms with E-state index < -0.39 is 24.1 Å². The molecule has 3 aromatic carbocycles. The summed E-state index contributed by atoms with van der Waals surface area (Å²) in [5, 5.41) is 16.3. The molecule has 0 aliphatic carbocycles. The largest absolute Gasteiger partial charge is 0.391 e. The lowest BCUT2D eigenvalue weighted by atomic mass is 9.99. The number of aliphatic hydroxyl groups excluding tert-OH is 1. The average Bonchev–Trinajstić information content (AvgIpc) is 2.96. The Labute approximate surface area is 240 Å². The lowest BCUT2D eigenvalue weighted by Gasteiger charge is -2.23. The number of carbonyl (C=O) groups is 2. The molecular weight excluding hydrogens is 553 g/mol. The van der Waals surface area contributed by atoms with Crippen molar-refractivity contribution >= 4 is 45.9 Å². The molecule has 3 atom stereocenters. The Balaban J connectivity index is 1.47. The van der Waals surface area contributed by atoms with Crippen molar-refractivity contribution in [3.8, 4) is 11.1 Å². The van der Waals surface area contributed by atoms with E-state index in [2.05, 4.69) is 15.6 Å². The van der Waals surface area contributed by atoms with Gasteiger partial charge in [0.15, 0.2) is 0 Å². The van der Waals surface area contributed by atoms with Crippen LogP contribution >= 0.6 is 23.2 Å². The molecule has 208 valence electrons. The van der Waals surface area contributed by atoms with Crippen LogP contribution in [-0.2, 0) is 16.1 Å². The zero-order valence-electron chi connectivity index (χ0n) is 21.7. The molecule has 0 saturated carbocycles. The number of fused-ring (bicyclic) bond motifs is 1. The number of aliphatic hydroxyl groups is 1. The second-order valence-corrected chi connectivity index (χ2v) is 10.2. The Morgan fingerprint density at radius 2 is 1.73 bits per heavy atom. The van der Waals surface area contributed by atoms with Gasteiger partial charge in [-0.05, 0) is 41.8 Å². The number of nitrogens with zero attached hydrogens (tertiary/aromatic N) is 2. The van der Waals surface area contributed by atoms with Gasteiger partial charge in [-0.15, -0.1) is 0 Å². The van der Waals surface area contributed by atoms with Crippen LogP contribution in [0.1, 0.15) is 24.9 Å². The topological polar surface area (TPSA) is 139 Å². The van der Waals surface area contributed by atoms with Crippen LogP contribution in [0.15, 0.2) is 77.9 Å². The number of nitrogens with two attached hydrogens (primary N) is 1. The molecule has 11 heteroatoms. The molecule has 0 radical (unpaired) electrons. The summed E-state index contributed by atoms with van der Waals surface area (Å²) < 4.78 is 1.33. The fourth-order valence-electron chi connectivity index (χ4n) is 4.14. The van der Waals surface area contributed by atoms with Gasteiger partial charge in [-0.3, -0.25) is 19.0 Å². The van der Waals surface area contributed by atoms with Crippen molar-refractivity contribution in [1.29, 1.82) is 0 Å². The molecule has 2 amide bonds. The van der Waals surface area contributed by atoms with E-state index in [-0.39, 0.29) is 36.0 Å². The lowest BCUT2D eigenvalue weighted by Crippen LogP contribution is -2.49. The molecule has 40 heavy (non-hydrogen) atoms. The number of aromatic nitrogens is 2. The van der Waals surface area contributed by atoms with Crippen LogP contribution in [0.5, 0.6) is 0 Å². The quantitative estimate of drug-likeness (QED) is 0.226. The van der Waals surface area contributed by atoms with Crippen molar-refractivity contribution in [3.63, 3.8) is 0 Å². The summed E-state index contributed by atoms with van der Waals surface area (Å²) in [4.78, 5) is 42.6. The van der Waals surface area contributed by atoms with Gasteiger partial charge in [0.25, 0.3) is 5.56 Å². The second kappa shape index (κ2) is 13.1. The van der Waals surface area contributed by atoms with E-state index in [9.17, 15) is 19.5 Å². The van der Waals surface area contributed by atoms with Crippen LogP contribution in [0.2, 0.25) is 10.0 Å². The molecule has 0 fully saturated rings. The number of halogens is 2. The van der Waals surface area contributed by atoms with Crippen LogP contribution in [0.4, 0.5) is 0 Å². The van der Waals surface area contributed by atoms with Crippen molar-refractivity contribution in [2.45, 2.75) is 38.1 Å². The summed E-state index contributed by atoms with van der Waals surface area (Å²) in [6.45, 7) is 1.58. The Morgan fingerprint density at radius 3 is 2.45 bits per heavy atom. The van der Waals surface area contributed by atoms with Gasteiger partial charge in [-0.2, -0.15) is 0 Å². The number of carbonyl (C=O) groups excluding carboxylic acids is 2. The molecular formula is C29H29Cl2N5O4. The van der Waals surface area contributed by atoms with E-state index >= 15 is 0 Å². The zero-order chi connectivity index (χ0) is 28.8. The number of benzene rings is 3. The standard InChI is InChI=1S/C29H29Cl2N5O4/c1-17(37)27(32)28(39)35-25(20-9-5-8-19(12-20)18-6-3-2-4-7-18)15-33-26(38)10-11-36-16-34-24-14-23(31)22(30)13-21(24)29(36)40/h2-9,12-14,16-17,25,27,37H,10-11,15,32H2,1H3,(H,33,38)(H,35,39)/t17-,25+,27+/m1/s1. The van der Waals surface area contributed by atoms with E-state index in [0.29, 0.717) is 15.9 Å². The van der Waals surface area contributed by atoms with Gasteiger partial charge < -0.3 is 21.5 Å². The van der Waals surface area contributed by atoms with Gasteiger partial charge in [0.05, 0.1) is 39.4 Å². The summed E-state index contributed by atoms with van der Waals surface area (Å²) in [6.07, 6.45) is 0.301. The number of nitrogens with one attached hydrogen (secondary N) is 2. The van der Waals surface area contributed by atoms with Crippen LogP contribution in [0.25, 0.3) is 22.0 Å². The first-order chi connectivity index (χ1) is 19.1. The third-order valence-corrected chi connectivity index (χ3v) is 7.21. The molecule has 0 spiro atoms. The highest BCUT2D eigenvalue weighted by Crippen LogP contribution is 2.25. The highest BCUT2D eigenvalue weighted by Gasteiger charge is 2.23. The highest BCUT2D eigenvalue weighted by atomic mass is 35.5. The van der Waals surface area contributed by atoms with Gasteiger partial charge in [-0.1, -0.05) is 71.7 Å². The van der Waals surface area contributed by atoms with E-state index in [4.69, 9.17) is 28.9 Å². The molecule has 9 nitrogen and oxygen atoms in total. The average molecular weight is 582 g/mol. The van der Waals surface area contributed by atoms with E-state index in [1.807, 2.05) is 54.6 Å². The predicted octanol–water partition coefficient (Wildman–Crippen LogP) is 3.44. The Bertz CT molecular complexity index is 1580. The first-order valence-corrected chi connectivity index (χ1v) is 13.4. The van der Waals surface area contributed by atoms with E-state index in [1.165, 1.54) is 30.0 Å². The van der Waals surface area contributed by atoms with Gasteiger partial charge in [-0.25, -0.2) is 4.98 Å². The van der Waals surface area contributed by atoms with Crippen molar-refractivity contribution in [1.82, 2.24) is 20.2 Å². The minimum Gasteiger partial charge on any atom is -0.391 e. The molecule has 5 N–H and O–H groups in total. The summed E-state index contributed by atoms with van der Waals surface area (Å²) in [5.74, 6) is -0.883. The third-order valence-electron chi connectivity index (χ3n) is 6.48. The minimum atomic E-state index is -1.13. The fraction of sp³-hybridized carbons (Fsp3) is 0.241. The van der Waals surface area contributed by atoms with E-state index in [1.54, 1.807) is 0 Å². The fourth-order valence-corrected chi connectivity index (χ4v) is 4.47.